The average molecular weight is 398 g/mol. The first-order chi connectivity index (χ1) is 13.5. The number of hydrogen-bond donors (Lipinski definition) is 2. The quantitative estimate of drug-likeness (QED) is 0.608. The van der Waals surface area contributed by atoms with Gasteiger partial charge in [-0.25, -0.2) is 4.98 Å². The lowest BCUT2D eigenvalue weighted by molar-refractivity contribution is 0.102. The lowest BCUT2D eigenvalue weighted by Gasteiger charge is -2.13. The molecule has 144 valence electrons. The highest BCUT2D eigenvalue weighted by Crippen LogP contribution is 2.30. The van der Waals surface area contributed by atoms with Crippen molar-refractivity contribution in [3.05, 3.63) is 70.9 Å². The number of benzene rings is 2. The fourth-order valence-electron chi connectivity index (χ4n) is 2.62. The van der Waals surface area contributed by atoms with Gasteiger partial charge in [0.05, 0.1) is 19.9 Å². The molecule has 0 spiro atoms. The van der Waals surface area contributed by atoms with Gasteiger partial charge in [0.25, 0.3) is 5.91 Å². The number of anilines is 3. The van der Waals surface area contributed by atoms with E-state index in [1.54, 1.807) is 43.6 Å². The summed E-state index contributed by atoms with van der Waals surface area (Å²) in [6.45, 7) is 1.91. The van der Waals surface area contributed by atoms with Crippen LogP contribution in [0.4, 0.5) is 17.2 Å². The summed E-state index contributed by atoms with van der Waals surface area (Å²) >= 11 is 6.16. The molecule has 0 bridgehead atoms. The van der Waals surface area contributed by atoms with Crippen LogP contribution in [0.5, 0.6) is 11.5 Å². The topological polar surface area (TPSA) is 72.5 Å². The Bertz CT molecular complexity index is 1010. The van der Waals surface area contributed by atoms with Gasteiger partial charge >= 0.3 is 0 Å². The Morgan fingerprint density at radius 2 is 1.86 bits per heavy atom. The molecule has 2 N–H and O–H groups in total. The molecule has 0 atom stereocenters. The number of amides is 1. The monoisotopic (exact) mass is 397 g/mol. The van der Waals surface area contributed by atoms with E-state index in [0.717, 1.165) is 11.3 Å². The molecule has 28 heavy (non-hydrogen) atoms. The van der Waals surface area contributed by atoms with Crippen molar-refractivity contribution in [3.8, 4) is 11.5 Å². The van der Waals surface area contributed by atoms with Gasteiger partial charge in [-0.1, -0.05) is 17.7 Å². The van der Waals surface area contributed by atoms with Crippen LogP contribution in [0.15, 0.2) is 54.7 Å². The number of rotatable bonds is 6. The molecule has 0 radical (unpaired) electrons. The summed E-state index contributed by atoms with van der Waals surface area (Å²) < 4.78 is 10.5. The molecular weight excluding hydrogens is 378 g/mol. The summed E-state index contributed by atoms with van der Waals surface area (Å²) in [5.74, 6) is 1.41. The van der Waals surface area contributed by atoms with E-state index >= 15 is 0 Å². The Balaban J connectivity index is 1.80. The molecule has 0 unspecified atom stereocenters. The van der Waals surface area contributed by atoms with Gasteiger partial charge in [0.15, 0.2) is 0 Å². The van der Waals surface area contributed by atoms with Crippen LogP contribution in [0.3, 0.4) is 0 Å². The predicted molar refractivity (Wildman–Crippen MR) is 111 cm³/mol. The highest BCUT2D eigenvalue weighted by atomic mass is 35.5. The van der Waals surface area contributed by atoms with Crippen LogP contribution in [-0.4, -0.2) is 25.1 Å². The van der Waals surface area contributed by atoms with Gasteiger partial charge < -0.3 is 20.1 Å². The largest absolute Gasteiger partial charge is 0.497 e. The zero-order valence-corrected chi connectivity index (χ0v) is 16.5. The van der Waals surface area contributed by atoms with Gasteiger partial charge in [0.1, 0.15) is 17.3 Å². The highest BCUT2D eigenvalue weighted by molar-refractivity contribution is 6.31. The van der Waals surface area contributed by atoms with Gasteiger partial charge in [-0.2, -0.15) is 0 Å². The second kappa shape index (κ2) is 8.63. The van der Waals surface area contributed by atoms with Crippen molar-refractivity contribution in [1.29, 1.82) is 0 Å². The van der Waals surface area contributed by atoms with E-state index in [9.17, 15) is 4.79 Å². The van der Waals surface area contributed by atoms with Gasteiger partial charge in [-0.15, -0.1) is 0 Å². The lowest BCUT2D eigenvalue weighted by atomic mass is 10.2. The number of hydrogen-bond acceptors (Lipinski definition) is 5. The molecule has 0 aliphatic heterocycles. The minimum Gasteiger partial charge on any atom is -0.497 e. The fourth-order valence-corrected chi connectivity index (χ4v) is 2.79. The number of carbonyl (C=O) groups is 1. The minimum atomic E-state index is -0.281. The molecule has 0 saturated heterocycles. The predicted octanol–water partition coefficient (Wildman–Crippen LogP) is 5.06. The summed E-state index contributed by atoms with van der Waals surface area (Å²) in [5.41, 5.74) is 2.73. The molecule has 1 amide bonds. The first kappa shape index (κ1) is 19.5. The standard InChI is InChI=1S/C21H20ClN3O3/c1-13-16(22)5-4-6-17(13)24-20-11-14(9-10-23-20)21(26)25-18-8-7-15(27-2)12-19(18)28-3/h4-12H,1-3H3,(H,23,24)(H,25,26). The van der Waals surface area contributed by atoms with Gasteiger partial charge in [0, 0.05) is 28.5 Å². The van der Waals surface area contributed by atoms with Crippen LogP contribution in [0.2, 0.25) is 5.02 Å². The van der Waals surface area contributed by atoms with E-state index < -0.39 is 0 Å². The summed E-state index contributed by atoms with van der Waals surface area (Å²) in [7, 11) is 3.10. The fraction of sp³-hybridized carbons (Fsp3) is 0.143. The number of halogens is 1. The smallest absolute Gasteiger partial charge is 0.255 e. The summed E-state index contributed by atoms with van der Waals surface area (Å²) in [6, 6.07) is 14.1. The van der Waals surface area contributed by atoms with Crippen molar-refractivity contribution >= 4 is 34.7 Å². The van der Waals surface area contributed by atoms with Crippen LogP contribution >= 0.6 is 11.6 Å². The third-order valence-corrected chi connectivity index (χ3v) is 4.62. The van der Waals surface area contributed by atoms with E-state index in [2.05, 4.69) is 15.6 Å². The number of pyridine rings is 1. The van der Waals surface area contributed by atoms with Crippen LogP contribution in [0.1, 0.15) is 15.9 Å². The lowest BCUT2D eigenvalue weighted by Crippen LogP contribution is -2.13. The highest BCUT2D eigenvalue weighted by Gasteiger charge is 2.12. The second-order valence-corrected chi connectivity index (χ2v) is 6.39. The molecule has 3 aromatic rings. The van der Waals surface area contributed by atoms with Crippen LogP contribution in [-0.2, 0) is 0 Å². The van der Waals surface area contributed by atoms with E-state index in [0.29, 0.717) is 33.6 Å². The summed E-state index contributed by atoms with van der Waals surface area (Å²) in [5, 5.41) is 6.70. The molecule has 0 saturated carbocycles. The maximum Gasteiger partial charge on any atom is 0.255 e. The molecule has 6 nitrogen and oxygen atoms in total. The number of nitrogens with one attached hydrogen (secondary N) is 2. The van der Waals surface area contributed by atoms with Gasteiger partial charge in [0.2, 0.25) is 0 Å². The van der Waals surface area contributed by atoms with Crippen LogP contribution in [0, 0.1) is 6.92 Å². The van der Waals surface area contributed by atoms with E-state index in [4.69, 9.17) is 21.1 Å². The maximum atomic E-state index is 12.7. The van der Waals surface area contributed by atoms with Crippen LogP contribution < -0.4 is 20.1 Å². The number of carbonyl (C=O) groups excluding carboxylic acids is 1. The third kappa shape index (κ3) is 4.35. The van der Waals surface area contributed by atoms with E-state index in [-0.39, 0.29) is 5.91 Å². The molecule has 1 aromatic heterocycles. The number of nitrogens with zero attached hydrogens (tertiary/aromatic N) is 1. The van der Waals surface area contributed by atoms with Crippen molar-refractivity contribution in [3.63, 3.8) is 0 Å². The first-order valence-corrected chi connectivity index (χ1v) is 8.91. The maximum absolute atomic E-state index is 12.7. The number of methoxy groups -OCH3 is 2. The summed E-state index contributed by atoms with van der Waals surface area (Å²) in [4.78, 5) is 17.0. The third-order valence-electron chi connectivity index (χ3n) is 4.21. The van der Waals surface area contributed by atoms with E-state index in [1.165, 1.54) is 7.11 Å². The Morgan fingerprint density at radius 3 is 2.61 bits per heavy atom. The van der Waals surface area contributed by atoms with Crippen molar-refractivity contribution < 1.29 is 14.3 Å². The Hall–Kier alpha value is -3.25. The van der Waals surface area contributed by atoms with Crippen molar-refractivity contribution in [2.45, 2.75) is 6.92 Å². The molecule has 0 aliphatic rings. The molecule has 3 rings (SSSR count). The zero-order valence-electron chi connectivity index (χ0n) is 15.7. The molecule has 1 heterocycles. The van der Waals surface area contributed by atoms with Gasteiger partial charge in [-0.3, -0.25) is 4.79 Å². The SMILES string of the molecule is COc1ccc(NC(=O)c2ccnc(Nc3cccc(Cl)c3C)c2)c(OC)c1. The second-order valence-electron chi connectivity index (χ2n) is 5.99. The van der Waals surface area contributed by atoms with Gasteiger partial charge in [-0.05, 0) is 48.9 Å². The molecule has 7 heteroatoms. The van der Waals surface area contributed by atoms with Crippen molar-refractivity contribution in [2.24, 2.45) is 0 Å². The van der Waals surface area contributed by atoms with Crippen molar-refractivity contribution in [1.82, 2.24) is 4.98 Å². The van der Waals surface area contributed by atoms with Crippen LogP contribution in [0.25, 0.3) is 0 Å². The molecule has 2 aromatic carbocycles. The summed E-state index contributed by atoms with van der Waals surface area (Å²) in [6.07, 6.45) is 1.57. The van der Waals surface area contributed by atoms with Crippen molar-refractivity contribution in [2.75, 3.05) is 24.9 Å². The van der Waals surface area contributed by atoms with E-state index in [1.807, 2.05) is 25.1 Å². The average Bonchev–Trinajstić information content (AvgIpc) is 2.72. The first-order valence-electron chi connectivity index (χ1n) is 8.53. The molecular formula is C21H20ClN3O3. The normalized spacial score (nSPS) is 10.3. The zero-order chi connectivity index (χ0) is 20.1. The Labute approximate surface area is 168 Å². The number of aromatic nitrogens is 1. The Kier molecular flexibility index (Phi) is 6.01. The minimum absolute atomic E-state index is 0.281. The Morgan fingerprint density at radius 1 is 1.04 bits per heavy atom. The molecule has 0 aliphatic carbocycles. The number of ether oxygens (including phenoxy) is 2. The molecule has 0 fully saturated rings.